The van der Waals surface area contributed by atoms with Gasteiger partial charge in [0.2, 0.25) is 5.95 Å². The summed E-state index contributed by atoms with van der Waals surface area (Å²) in [7, 11) is 4.97. The number of aromatic amines is 1. The largest absolute Gasteiger partial charge is 0.466 e. The fraction of sp³-hybridized carbons (Fsp3) is 0.250. The van der Waals surface area contributed by atoms with Crippen LogP contribution in [0.3, 0.4) is 0 Å². The lowest BCUT2D eigenvalue weighted by molar-refractivity contribution is 0.102. The number of hydrogen-bond acceptors (Lipinski definition) is 5. The van der Waals surface area contributed by atoms with Gasteiger partial charge in [0, 0.05) is 19.8 Å². The third kappa shape index (κ3) is 2.85. The van der Waals surface area contributed by atoms with E-state index in [1.807, 2.05) is 0 Å². The smallest absolute Gasteiger partial charge is 0.336 e. The molecule has 0 spiro atoms. The lowest BCUT2D eigenvalue weighted by Crippen LogP contribution is -2.16. The zero-order valence-electron chi connectivity index (χ0n) is 11.3. The molecule has 2 N–H and O–H groups in total. The molecule has 0 unspecified atom stereocenters. The first-order valence-corrected chi connectivity index (χ1v) is 5.76. The number of ether oxygens (including phenoxy) is 1. The van der Waals surface area contributed by atoms with E-state index in [9.17, 15) is 9.18 Å². The van der Waals surface area contributed by atoms with Crippen molar-refractivity contribution in [1.29, 1.82) is 0 Å². The van der Waals surface area contributed by atoms with E-state index in [-0.39, 0.29) is 17.5 Å². The first-order chi connectivity index (χ1) is 9.51. The Kier molecular flexibility index (Phi) is 3.83. The fourth-order valence-corrected chi connectivity index (χ4v) is 1.53. The van der Waals surface area contributed by atoms with Gasteiger partial charge >= 0.3 is 6.01 Å². The molecule has 7 nitrogen and oxygen atoms in total. The Balaban J connectivity index is 2.16. The molecule has 2 aromatic rings. The Hall–Kier alpha value is -2.64. The van der Waals surface area contributed by atoms with Gasteiger partial charge in [-0.05, 0) is 18.2 Å². The van der Waals surface area contributed by atoms with Crippen LogP contribution in [-0.2, 0) is 0 Å². The average molecular weight is 279 g/mol. The fourth-order valence-electron chi connectivity index (χ4n) is 1.53. The predicted octanol–water partition coefficient (Wildman–Crippen LogP) is 1.27. The zero-order chi connectivity index (χ0) is 14.7. The molecular weight excluding hydrogens is 265 g/mol. The van der Waals surface area contributed by atoms with Crippen LogP contribution in [0.1, 0.15) is 10.4 Å². The molecule has 0 saturated heterocycles. The summed E-state index contributed by atoms with van der Waals surface area (Å²) in [6, 6.07) is 4.44. The summed E-state index contributed by atoms with van der Waals surface area (Å²) in [6.45, 7) is 0. The van der Waals surface area contributed by atoms with Crippen LogP contribution < -0.4 is 15.0 Å². The number of H-pyrrole nitrogens is 1. The minimum atomic E-state index is -0.619. The highest BCUT2D eigenvalue weighted by atomic mass is 19.1. The first kappa shape index (κ1) is 13.8. The maximum atomic E-state index is 13.9. The van der Waals surface area contributed by atoms with Gasteiger partial charge in [0.15, 0.2) is 0 Å². The highest BCUT2D eigenvalue weighted by molar-refractivity contribution is 6.03. The van der Waals surface area contributed by atoms with Crippen LogP contribution in [0.15, 0.2) is 18.2 Å². The number of carbonyl (C=O) groups excluding carboxylic acids is 1. The second-order valence-electron chi connectivity index (χ2n) is 4.18. The van der Waals surface area contributed by atoms with E-state index < -0.39 is 11.7 Å². The number of nitrogens with zero attached hydrogens (tertiary/aromatic N) is 3. The van der Waals surface area contributed by atoms with Crippen molar-refractivity contribution in [3.05, 3.63) is 29.6 Å². The Morgan fingerprint density at radius 2 is 2.20 bits per heavy atom. The van der Waals surface area contributed by atoms with Crippen LogP contribution in [0.4, 0.5) is 16.0 Å². The number of aromatic nitrogens is 3. The van der Waals surface area contributed by atoms with E-state index in [0.717, 1.165) is 0 Å². The number of halogens is 1. The van der Waals surface area contributed by atoms with Crippen molar-refractivity contribution < 1.29 is 13.9 Å². The third-order valence-electron chi connectivity index (χ3n) is 2.59. The summed E-state index contributed by atoms with van der Waals surface area (Å²) >= 11 is 0. The lowest BCUT2D eigenvalue weighted by atomic mass is 10.1. The van der Waals surface area contributed by atoms with Crippen LogP contribution in [0.25, 0.3) is 0 Å². The third-order valence-corrected chi connectivity index (χ3v) is 2.59. The standard InChI is InChI=1S/C12H14FN5O2/c1-18(2)7-4-5-8(9(13)6-7)10(19)14-11-15-12(20-3)17-16-11/h4-6H,1-3H3,(H2,14,15,16,17,19). The Morgan fingerprint density at radius 3 is 2.75 bits per heavy atom. The molecule has 0 aliphatic heterocycles. The van der Waals surface area contributed by atoms with Crippen molar-refractivity contribution in [1.82, 2.24) is 15.2 Å². The van der Waals surface area contributed by atoms with Crippen molar-refractivity contribution >= 4 is 17.5 Å². The van der Waals surface area contributed by atoms with Crippen molar-refractivity contribution in [2.24, 2.45) is 0 Å². The second kappa shape index (κ2) is 5.55. The summed E-state index contributed by atoms with van der Waals surface area (Å²) in [5.74, 6) is -1.14. The first-order valence-electron chi connectivity index (χ1n) is 5.76. The van der Waals surface area contributed by atoms with E-state index in [2.05, 4.69) is 20.5 Å². The van der Waals surface area contributed by atoms with Gasteiger partial charge in [0.1, 0.15) is 5.82 Å². The molecule has 0 bridgehead atoms. The maximum Gasteiger partial charge on any atom is 0.336 e. The molecule has 0 aliphatic rings. The summed E-state index contributed by atoms with van der Waals surface area (Å²) in [5, 5.41) is 8.53. The number of methoxy groups -OCH3 is 1. The van der Waals surface area contributed by atoms with E-state index in [1.54, 1.807) is 25.1 Å². The molecule has 8 heteroatoms. The van der Waals surface area contributed by atoms with Gasteiger partial charge < -0.3 is 9.64 Å². The minimum Gasteiger partial charge on any atom is -0.466 e. The Bertz CT molecular complexity index is 626. The lowest BCUT2D eigenvalue weighted by Gasteiger charge is -2.13. The number of nitrogens with one attached hydrogen (secondary N) is 2. The highest BCUT2D eigenvalue weighted by Gasteiger charge is 2.15. The number of amides is 1. The van der Waals surface area contributed by atoms with Gasteiger partial charge in [0.05, 0.1) is 12.7 Å². The van der Waals surface area contributed by atoms with Gasteiger partial charge in [0.25, 0.3) is 5.91 Å². The topological polar surface area (TPSA) is 83.1 Å². The summed E-state index contributed by atoms with van der Waals surface area (Å²) in [5.41, 5.74) is 0.589. The van der Waals surface area contributed by atoms with Crippen molar-refractivity contribution in [3.63, 3.8) is 0 Å². The number of anilines is 2. The molecule has 1 aromatic carbocycles. The molecule has 2 rings (SSSR count). The minimum absolute atomic E-state index is 0.0778. The molecule has 0 fully saturated rings. The second-order valence-corrected chi connectivity index (χ2v) is 4.18. The van der Waals surface area contributed by atoms with Crippen LogP contribution in [0.5, 0.6) is 6.01 Å². The van der Waals surface area contributed by atoms with E-state index in [4.69, 9.17) is 4.74 Å². The zero-order valence-corrected chi connectivity index (χ0v) is 11.3. The predicted molar refractivity (Wildman–Crippen MR) is 71.6 cm³/mol. The molecule has 20 heavy (non-hydrogen) atoms. The van der Waals surface area contributed by atoms with E-state index in [0.29, 0.717) is 5.69 Å². The monoisotopic (exact) mass is 279 g/mol. The quantitative estimate of drug-likeness (QED) is 0.880. The molecule has 106 valence electrons. The number of benzene rings is 1. The Morgan fingerprint density at radius 1 is 1.45 bits per heavy atom. The van der Waals surface area contributed by atoms with Crippen LogP contribution in [0, 0.1) is 5.82 Å². The molecule has 1 heterocycles. The van der Waals surface area contributed by atoms with Gasteiger partial charge in [-0.25, -0.2) is 9.49 Å². The summed E-state index contributed by atoms with van der Waals surface area (Å²) in [6.07, 6.45) is 0. The number of carbonyl (C=O) groups is 1. The molecular formula is C12H14FN5O2. The van der Waals surface area contributed by atoms with Gasteiger partial charge in [-0.2, -0.15) is 4.98 Å². The summed E-state index contributed by atoms with van der Waals surface area (Å²) in [4.78, 5) is 17.5. The molecule has 0 aliphatic carbocycles. The van der Waals surface area contributed by atoms with Crippen molar-refractivity contribution in [2.45, 2.75) is 0 Å². The van der Waals surface area contributed by atoms with Crippen molar-refractivity contribution in [2.75, 3.05) is 31.4 Å². The van der Waals surface area contributed by atoms with Crippen LogP contribution >= 0.6 is 0 Å². The molecule has 0 saturated carbocycles. The molecule has 1 aromatic heterocycles. The van der Waals surface area contributed by atoms with E-state index in [1.165, 1.54) is 19.2 Å². The van der Waals surface area contributed by atoms with Crippen LogP contribution in [0.2, 0.25) is 0 Å². The average Bonchev–Trinajstić information content (AvgIpc) is 2.85. The maximum absolute atomic E-state index is 13.9. The van der Waals surface area contributed by atoms with Gasteiger partial charge in [-0.3, -0.25) is 10.1 Å². The SMILES string of the molecule is COc1n[nH]c(NC(=O)c2ccc(N(C)C)cc2F)n1. The van der Waals surface area contributed by atoms with Gasteiger partial charge in [-0.15, -0.1) is 5.10 Å². The normalized spacial score (nSPS) is 10.2. The van der Waals surface area contributed by atoms with Gasteiger partial charge in [-0.1, -0.05) is 0 Å². The highest BCUT2D eigenvalue weighted by Crippen LogP contribution is 2.17. The molecule has 0 radical (unpaired) electrons. The summed E-state index contributed by atoms with van der Waals surface area (Å²) < 4.78 is 18.6. The van der Waals surface area contributed by atoms with Crippen molar-refractivity contribution in [3.8, 4) is 6.01 Å². The van der Waals surface area contributed by atoms with Crippen LogP contribution in [-0.4, -0.2) is 42.3 Å². The molecule has 0 atom stereocenters. The molecule has 1 amide bonds. The Labute approximate surface area is 114 Å². The van der Waals surface area contributed by atoms with E-state index >= 15 is 0 Å². The number of hydrogen-bond donors (Lipinski definition) is 2. The number of rotatable bonds is 4.